The van der Waals surface area contributed by atoms with E-state index in [9.17, 15) is 29.1 Å². The smallest absolute Gasteiger partial charge is 0.410 e. The van der Waals surface area contributed by atoms with Crippen LogP contribution in [0.1, 0.15) is 98.3 Å². The Morgan fingerprint density at radius 1 is 0.820 bits per heavy atom. The standard InChI is InChI=1S/C47H73N5O9/c1-13-31(6)41(50(9)46(57)39(29(2)3)49-45(56)40(30(4)5)51(10)47(58)61-28-34-21-16-14-17-22-34)37(59-11)27-38(53)52-26-20-25-36(52)43(60-12)32(7)44(55)48-33(8)42(54)35-23-18-15-19-24-35/h14-19,21-24,29-33,36-37,39-43,54H,13,20,25-28H2,1-12H3,(H,48,55)(H,49,56)/t31-,32+,33?,36-,37+,39-,40-,41-,42+,43?/m0/s1. The van der Waals surface area contributed by atoms with Gasteiger partial charge in [0.05, 0.1) is 48.8 Å². The van der Waals surface area contributed by atoms with Crippen LogP contribution >= 0.6 is 0 Å². The molecule has 1 aliphatic rings. The first-order chi connectivity index (χ1) is 28.9. The van der Waals surface area contributed by atoms with Crippen LogP contribution in [-0.2, 0) is 40.0 Å². The Balaban J connectivity index is 1.75. The van der Waals surface area contributed by atoms with Gasteiger partial charge in [0.25, 0.3) is 0 Å². The van der Waals surface area contributed by atoms with Gasteiger partial charge in [-0.3, -0.25) is 24.1 Å². The van der Waals surface area contributed by atoms with E-state index in [0.29, 0.717) is 24.9 Å². The van der Waals surface area contributed by atoms with Gasteiger partial charge in [0.2, 0.25) is 23.6 Å². The fourth-order valence-corrected chi connectivity index (χ4v) is 8.51. The van der Waals surface area contributed by atoms with Crippen molar-refractivity contribution in [3.63, 3.8) is 0 Å². The molecule has 0 aromatic heterocycles. The molecule has 14 nitrogen and oxygen atoms in total. The van der Waals surface area contributed by atoms with E-state index < -0.39 is 60.4 Å². The lowest BCUT2D eigenvalue weighted by atomic mass is 9.89. The Kier molecular flexibility index (Phi) is 20.2. The molecule has 1 fully saturated rings. The van der Waals surface area contributed by atoms with Crippen LogP contribution in [0.3, 0.4) is 0 Å². The number of methoxy groups -OCH3 is 2. The first-order valence-electron chi connectivity index (χ1n) is 21.8. The summed E-state index contributed by atoms with van der Waals surface area (Å²) in [4.78, 5) is 74.1. The number of likely N-dealkylation sites (N-methyl/N-ethyl adjacent to an activating group) is 2. The Hall–Kier alpha value is -4.53. The summed E-state index contributed by atoms with van der Waals surface area (Å²) >= 11 is 0. The van der Waals surface area contributed by atoms with Crippen LogP contribution in [0, 0.1) is 23.7 Å². The van der Waals surface area contributed by atoms with Gasteiger partial charge in [-0.15, -0.1) is 0 Å². The third-order valence-electron chi connectivity index (χ3n) is 12.3. The van der Waals surface area contributed by atoms with E-state index in [1.165, 1.54) is 26.2 Å². The molecular formula is C47H73N5O9. The minimum absolute atomic E-state index is 0.0268. The molecule has 3 N–H and O–H groups in total. The van der Waals surface area contributed by atoms with Crippen molar-refractivity contribution in [1.82, 2.24) is 25.3 Å². The molecule has 2 aromatic carbocycles. The summed E-state index contributed by atoms with van der Waals surface area (Å²) in [7, 11) is 6.27. The highest BCUT2D eigenvalue weighted by Crippen LogP contribution is 2.30. The van der Waals surface area contributed by atoms with Crippen LogP contribution in [0.2, 0.25) is 0 Å². The van der Waals surface area contributed by atoms with Gasteiger partial charge in [-0.05, 0) is 48.6 Å². The zero-order chi connectivity index (χ0) is 45.6. The van der Waals surface area contributed by atoms with Crippen molar-refractivity contribution in [3.05, 3.63) is 71.8 Å². The van der Waals surface area contributed by atoms with Crippen LogP contribution in [0.15, 0.2) is 60.7 Å². The number of hydrogen-bond donors (Lipinski definition) is 3. The lowest BCUT2D eigenvalue weighted by molar-refractivity contribution is -0.148. The van der Waals surface area contributed by atoms with Crippen LogP contribution < -0.4 is 10.6 Å². The molecule has 10 atom stereocenters. The molecule has 2 aromatic rings. The number of aliphatic hydroxyl groups is 1. The van der Waals surface area contributed by atoms with E-state index >= 15 is 0 Å². The topological polar surface area (TPSA) is 167 Å². The van der Waals surface area contributed by atoms with E-state index in [2.05, 4.69) is 10.6 Å². The summed E-state index contributed by atoms with van der Waals surface area (Å²) in [5.41, 5.74) is 1.51. The number of nitrogens with one attached hydrogen (secondary N) is 2. The third kappa shape index (κ3) is 13.5. The lowest BCUT2D eigenvalue weighted by Crippen LogP contribution is -2.60. The number of rotatable bonds is 22. The average molecular weight is 852 g/mol. The van der Waals surface area contributed by atoms with Gasteiger partial charge in [0, 0.05) is 34.9 Å². The lowest BCUT2D eigenvalue weighted by Gasteiger charge is -2.41. The second kappa shape index (κ2) is 24.2. The minimum Gasteiger partial charge on any atom is -0.445 e. The summed E-state index contributed by atoms with van der Waals surface area (Å²) in [6.45, 7) is 15.4. The summed E-state index contributed by atoms with van der Waals surface area (Å²) < 4.78 is 17.5. The average Bonchev–Trinajstić information content (AvgIpc) is 3.74. The fraction of sp³-hybridized carbons (Fsp3) is 0.638. The molecule has 3 rings (SSSR count). The molecule has 1 heterocycles. The summed E-state index contributed by atoms with van der Waals surface area (Å²) in [5, 5.41) is 16.8. The molecule has 340 valence electrons. The molecule has 5 amide bonds. The summed E-state index contributed by atoms with van der Waals surface area (Å²) in [5.74, 6) is -2.64. The van der Waals surface area contributed by atoms with E-state index in [-0.39, 0.29) is 54.5 Å². The number of amides is 5. The van der Waals surface area contributed by atoms with E-state index in [0.717, 1.165) is 12.0 Å². The molecule has 0 spiro atoms. The first kappa shape index (κ1) is 50.8. The SMILES string of the molecule is CC[C@H](C)[C@@H]([C@@H](CC(=O)N1CCC[C@H]1C(OC)[C@@H](C)C(=O)NC(C)[C@@H](O)c1ccccc1)OC)N(C)C(=O)[C@@H](NC(=O)[C@H](C(C)C)N(C)C(=O)OCc1ccccc1)C(C)C. The molecule has 2 unspecified atom stereocenters. The molecule has 0 bridgehead atoms. The van der Waals surface area contributed by atoms with Crippen molar-refractivity contribution in [2.24, 2.45) is 23.7 Å². The van der Waals surface area contributed by atoms with Gasteiger partial charge < -0.3 is 39.8 Å². The third-order valence-corrected chi connectivity index (χ3v) is 12.3. The fourth-order valence-electron chi connectivity index (χ4n) is 8.51. The zero-order valence-electron chi connectivity index (χ0n) is 38.5. The van der Waals surface area contributed by atoms with Gasteiger partial charge >= 0.3 is 6.09 Å². The van der Waals surface area contributed by atoms with Gasteiger partial charge in [-0.1, -0.05) is 116 Å². The Labute approximate surface area is 364 Å². The number of carbonyl (C=O) groups is 5. The maximum Gasteiger partial charge on any atom is 0.410 e. The number of hydrogen-bond acceptors (Lipinski definition) is 9. The molecule has 1 saturated heterocycles. The van der Waals surface area contributed by atoms with Crippen LogP contribution in [0.25, 0.3) is 0 Å². The summed E-state index contributed by atoms with van der Waals surface area (Å²) in [6, 6.07) is 15.1. The second-order valence-corrected chi connectivity index (χ2v) is 17.3. The monoisotopic (exact) mass is 852 g/mol. The predicted molar refractivity (Wildman–Crippen MR) is 235 cm³/mol. The molecule has 14 heteroatoms. The van der Waals surface area contributed by atoms with Crippen molar-refractivity contribution >= 4 is 29.7 Å². The van der Waals surface area contributed by atoms with Crippen molar-refractivity contribution in [2.45, 2.75) is 136 Å². The highest BCUT2D eigenvalue weighted by atomic mass is 16.6. The molecule has 0 saturated carbocycles. The normalized spacial score (nSPS) is 18.5. The van der Waals surface area contributed by atoms with Crippen molar-refractivity contribution in [3.8, 4) is 0 Å². The molecule has 0 aliphatic carbocycles. The van der Waals surface area contributed by atoms with Crippen LogP contribution in [0.5, 0.6) is 0 Å². The minimum atomic E-state index is -0.943. The summed E-state index contributed by atoms with van der Waals surface area (Å²) in [6.07, 6.45) is -0.842. The number of aliphatic hydroxyl groups excluding tert-OH is 1. The highest BCUT2D eigenvalue weighted by molar-refractivity contribution is 5.91. The van der Waals surface area contributed by atoms with E-state index in [4.69, 9.17) is 14.2 Å². The Morgan fingerprint density at radius 2 is 1.43 bits per heavy atom. The number of ether oxygens (including phenoxy) is 3. The molecule has 0 radical (unpaired) electrons. The predicted octanol–water partition coefficient (Wildman–Crippen LogP) is 5.58. The number of nitrogens with zero attached hydrogens (tertiary/aromatic N) is 3. The van der Waals surface area contributed by atoms with Crippen LogP contribution in [0.4, 0.5) is 4.79 Å². The Morgan fingerprint density at radius 3 is 1.97 bits per heavy atom. The van der Waals surface area contributed by atoms with Gasteiger partial charge in [0.1, 0.15) is 18.7 Å². The number of benzene rings is 2. The zero-order valence-corrected chi connectivity index (χ0v) is 38.5. The number of carbonyl (C=O) groups excluding carboxylic acids is 5. The van der Waals surface area contributed by atoms with Crippen molar-refractivity contribution < 1.29 is 43.3 Å². The van der Waals surface area contributed by atoms with Crippen molar-refractivity contribution in [2.75, 3.05) is 34.9 Å². The second-order valence-electron chi connectivity index (χ2n) is 17.3. The van der Waals surface area contributed by atoms with Crippen molar-refractivity contribution in [1.29, 1.82) is 0 Å². The van der Waals surface area contributed by atoms with Gasteiger partial charge in [-0.25, -0.2) is 4.79 Å². The van der Waals surface area contributed by atoms with E-state index in [1.54, 1.807) is 30.7 Å². The largest absolute Gasteiger partial charge is 0.445 e. The molecule has 61 heavy (non-hydrogen) atoms. The van der Waals surface area contributed by atoms with E-state index in [1.807, 2.05) is 102 Å². The maximum absolute atomic E-state index is 14.5. The van der Waals surface area contributed by atoms with Gasteiger partial charge in [-0.2, -0.15) is 0 Å². The van der Waals surface area contributed by atoms with Crippen LogP contribution in [-0.4, -0.2) is 127 Å². The molecular weight excluding hydrogens is 779 g/mol. The highest BCUT2D eigenvalue weighted by Gasteiger charge is 2.43. The first-order valence-corrected chi connectivity index (χ1v) is 21.8. The Bertz CT molecular complexity index is 1700. The quantitative estimate of drug-likeness (QED) is 0.137. The van der Waals surface area contributed by atoms with Gasteiger partial charge in [0.15, 0.2) is 0 Å². The molecule has 1 aliphatic heterocycles. The maximum atomic E-state index is 14.5. The number of likely N-dealkylation sites (tertiary alicyclic amines) is 1.